The Balaban J connectivity index is 2.51. The first-order valence-corrected chi connectivity index (χ1v) is 7.66. The Hall–Kier alpha value is -1.16. The van der Waals surface area contributed by atoms with Gasteiger partial charge in [0.1, 0.15) is 0 Å². The average Bonchev–Trinajstić information content (AvgIpc) is 2.46. The van der Waals surface area contributed by atoms with Crippen LogP contribution in [-0.2, 0) is 0 Å². The van der Waals surface area contributed by atoms with Crippen LogP contribution in [0.15, 0.2) is 49.7 Å². The summed E-state index contributed by atoms with van der Waals surface area (Å²) in [7, 11) is 0. The zero-order chi connectivity index (χ0) is 13.8. The number of pyridine rings is 1. The van der Waals surface area contributed by atoms with Gasteiger partial charge in [-0.25, -0.2) is 0 Å². The summed E-state index contributed by atoms with van der Waals surface area (Å²) in [4.78, 5) is 4.61. The molecule has 0 bridgehead atoms. The highest BCUT2D eigenvalue weighted by Gasteiger charge is 2.27. The summed E-state index contributed by atoms with van der Waals surface area (Å²) in [5, 5.41) is 0. The molecule has 1 aromatic rings. The maximum absolute atomic E-state index is 4.61. The molecule has 2 heteroatoms. The molecule has 0 amide bonds. The van der Waals surface area contributed by atoms with E-state index in [-0.39, 0.29) is 0 Å². The number of halogens is 1. The third-order valence-electron chi connectivity index (χ3n) is 3.50. The maximum Gasteiger partial charge on any atom is 0.0556 e. The Kier molecular flexibility index (Phi) is 4.75. The Bertz CT molecular complexity index is 540. The molecule has 0 saturated carbocycles. The van der Waals surface area contributed by atoms with Gasteiger partial charge in [0.2, 0.25) is 0 Å². The predicted octanol–water partition coefficient (Wildman–Crippen LogP) is 5.02. The molecule has 19 heavy (non-hydrogen) atoms. The second-order valence-electron chi connectivity index (χ2n) is 4.66. The van der Waals surface area contributed by atoms with Crippen molar-refractivity contribution in [2.24, 2.45) is 5.92 Å². The van der Waals surface area contributed by atoms with Gasteiger partial charge in [0.25, 0.3) is 0 Å². The summed E-state index contributed by atoms with van der Waals surface area (Å²) in [6, 6.07) is 1.98. The molecule has 0 aromatic carbocycles. The van der Waals surface area contributed by atoms with Crippen molar-refractivity contribution in [2.75, 3.05) is 0 Å². The van der Waals surface area contributed by atoms with Crippen LogP contribution >= 0.6 is 22.6 Å². The molecule has 0 spiro atoms. The molecule has 1 aliphatic rings. The first-order chi connectivity index (χ1) is 9.19. The largest absolute Gasteiger partial charge is 0.260 e. The zero-order valence-electron chi connectivity index (χ0n) is 11.1. The highest BCUT2D eigenvalue weighted by molar-refractivity contribution is 14.1. The number of hydrogen-bond acceptors (Lipinski definition) is 1. The Morgan fingerprint density at radius 1 is 1.26 bits per heavy atom. The fraction of sp³-hybridized carbons (Fsp3) is 0.235. The quantitative estimate of drug-likeness (QED) is 0.541. The van der Waals surface area contributed by atoms with Crippen LogP contribution in [0.2, 0.25) is 0 Å². The van der Waals surface area contributed by atoms with Crippen LogP contribution in [0.3, 0.4) is 0 Å². The van der Waals surface area contributed by atoms with Crippen molar-refractivity contribution in [1.29, 1.82) is 0 Å². The van der Waals surface area contributed by atoms with Crippen molar-refractivity contribution < 1.29 is 0 Å². The van der Waals surface area contributed by atoms with Crippen molar-refractivity contribution in [1.82, 2.24) is 4.98 Å². The molecule has 0 fully saturated rings. The number of rotatable bonds is 4. The number of hydrogen-bond donors (Lipinski definition) is 0. The number of allylic oxidation sites excluding steroid dienone is 4. The summed E-state index contributed by atoms with van der Waals surface area (Å²) in [5.74, 6) is 0.779. The molecule has 98 valence electrons. The molecule has 0 radical (unpaired) electrons. The number of alkyl halides is 1. The Morgan fingerprint density at radius 2 is 2.00 bits per heavy atom. The maximum atomic E-state index is 4.61. The molecule has 1 aromatic heterocycles. The van der Waals surface area contributed by atoms with E-state index in [9.17, 15) is 0 Å². The monoisotopic (exact) mass is 363 g/mol. The minimum absolute atomic E-state index is 0.310. The van der Waals surface area contributed by atoms with Crippen LogP contribution in [0.1, 0.15) is 29.7 Å². The van der Waals surface area contributed by atoms with Crippen LogP contribution in [0.4, 0.5) is 0 Å². The van der Waals surface area contributed by atoms with E-state index in [0.29, 0.717) is 15.8 Å². The van der Waals surface area contributed by atoms with Crippen LogP contribution < -0.4 is 0 Å². The minimum atomic E-state index is 0.310. The van der Waals surface area contributed by atoms with Gasteiger partial charge in [-0.1, -0.05) is 79.1 Å². The third kappa shape index (κ3) is 2.89. The van der Waals surface area contributed by atoms with E-state index < -0.39 is 0 Å². The summed E-state index contributed by atoms with van der Waals surface area (Å²) < 4.78 is 0.552. The molecule has 1 aliphatic carbocycles. The lowest BCUT2D eigenvalue weighted by atomic mass is 9.81. The lowest BCUT2D eigenvalue weighted by molar-refractivity contribution is 0.573. The Labute approximate surface area is 129 Å². The van der Waals surface area contributed by atoms with Gasteiger partial charge in [0, 0.05) is 27.5 Å². The van der Waals surface area contributed by atoms with E-state index in [4.69, 9.17) is 0 Å². The molecule has 2 rings (SSSR count). The lowest BCUT2D eigenvalue weighted by Gasteiger charge is -2.27. The minimum Gasteiger partial charge on any atom is -0.260 e. The van der Waals surface area contributed by atoms with E-state index in [2.05, 4.69) is 72.0 Å². The normalized spacial score (nSPS) is 23.1. The van der Waals surface area contributed by atoms with E-state index in [1.165, 1.54) is 0 Å². The number of aromatic nitrogens is 1. The fourth-order valence-electron chi connectivity index (χ4n) is 2.51. The van der Waals surface area contributed by atoms with E-state index in [1.807, 2.05) is 24.4 Å². The third-order valence-corrected chi connectivity index (χ3v) is 4.33. The van der Waals surface area contributed by atoms with Gasteiger partial charge < -0.3 is 0 Å². The molecule has 0 aliphatic heterocycles. The van der Waals surface area contributed by atoms with Gasteiger partial charge >= 0.3 is 0 Å². The van der Waals surface area contributed by atoms with Gasteiger partial charge in [0.05, 0.1) is 5.69 Å². The topological polar surface area (TPSA) is 12.9 Å². The van der Waals surface area contributed by atoms with Crippen LogP contribution in [0, 0.1) is 5.92 Å². The zero-order valence-corrected chi connectivity index (χ0v) is 13.2. The van der Waals surface area contributed by atoms with Crippen molar-refractivity contribution >= 4 is 34.7 Å². The van der Waals surface area contributed by atoms with Crippen molar-refractivity contribution in [3.05, 3.63) is 66.5 Å². The van der Waals surface area contributed by atoms with Crippen molar-refractivity contribution in [2.45, 2.75) is 16.8 Å². The molecular formula is C17H18IN. The van der Waals surface area contributed by atoms with Gasteiger partial charge in [-0.15, -0.1) is 0 Å². The molecule has 1 nitrogen and oxygen atoms in total. The molecule has 0 N–H and O–H groups in total. The summed E-state index contributed by atoms with van der Waals surface area (Å²) in [6.45, 7) is 10.0. The summed E-state index contributed by atoms with van der Waals surface area (Å²) >= 11 is 2.49. The van der Waals surface area contributed by atoms with E-state index >= 15 is 0 Å². The van der Waals surface area contributed by atoms with Gasteiger partial charge in [-0.3, -0.25) is 4.98 Å². The SMILES string of the molecule is C=Cc1ccnc(C2C=CC=CC2C(C)I)c1C=C. The molecule has 0 saturated heterocycles. The van der Waals surface area contributed by atoms with Gasteiger partial charge in [0.15, 0.2) is 0 Å². The van der Waals surface area contributed by atoms with Gasteiger partial charge in [-0.2, -0.15) is 0 Å². The van der Waals surface area contributed by atoms with Crippen molar-refractivity contribution in [3.63, 3.8) is 0 Å². The average molecular weight is 363 g/mol. The smallest absolute Gasteiger partial charge is 0.0556 e. The fourth-order valence-corrected chi connectivity index (χ4v) is 3.19. The second-order valence-corrected chi connectivity index (χ2v) is 6.62. The second kappa shape index (κ2) is 6.33. The number of nitrogens with zero attached hydrogens (tertiary/aromatic N) is 1. The Morgan fingerprint density at radius 3 is 2.63 bits per heavy atom. The van der Waals surface area contributed by atoms with E-state index in [0.717, 1.165) is 16.8 Å². The van der Waals surface area contributed by atoms with Crippen LogP contribution in [0.25, 0.3) is 12.2 Å². The standard InChI is InChI=1S/C17H18IN/c1-4-13-10-11-19-17(14(13)5-2)16-9-7-6-8-15(16)12(3)18/h4-12,15-16H,1-2H2,3H3. The highest BCUT2D eigenvalue weighted by Crippen LogP contribution is 2.36. The molecule has 1 heterocycles. The molecule has 3 unspecified atom stereocenters. The van der Waals surface area contributed by atoms with Crippen LogP contribution in [-0.4, -0.2) is 8.91 Å². The van der Waals surface area contributed by atoms with E-state index in [1.54, 1.807) is 0 Å². The highest BCUT2D eigenvalue weighted by atomic mass is 127. The molecule has 3 atom stereocenters. The first-order valence-electron chi connectivity index (χ1n) is 6.42. The van der Waals surface area contributed by atoms with Crippen molar-refractivity contribution in [3.8, 4) is 0 Å². The van der Waals surface area contributed by atoms with Crippen LogP contribution in [0.5, 0.6) is 0 Å². The summed E-state index contributed by atoms with van der Waals surface area (Å²) in [5.41, 5.74) is 3.30. The van der Waals surface area contributed by atoms with Gasteiger partial charge in [-0.05, 0) is 11.6 Å². The lowest BCUT2D eigenvalue weighted by Crippen LogP contribution is -2.20. The summed E-state index contributed by atoms with van der Waals surface area (Å²) in [6.07, 6.45) is 14.4. The predicted molar refractivity (Wildman–Crippen MR) is 92.4 cm³/mol. The first kappa shape index (κ1) is 14.3. The molecular weight excluding hydrogens is 345 g/mol.